The van der Waals surface area contributed by atoms with Gasteiger partial charge in [-0.25, -0.2) is 0 Å². The van der Waals surface area contributed by atoms with Gasteiger partial charge in [-0.15, -0.1) is 0 Å². The lowest BCUT2D eigenvalue weighted by molar-refractivity contribution is 0.283. The van der Waals surface area contributed by atoms with Gasteiger partial charge in [-0.05, 0) is 53.4 Å². The van der Waals surface area contributed by atoms with Gasteiger partial charge in [0.2, 0.25) is 0 Å². The summed E-state index contributed by atoms with van der Waals surface area (Å²) in [5, 5.41) is 9.96. The first-order chi connectivity index (χ1) is 14.3. The molecule has 0 amide bonds. The largest absolute Gasteiger partial charge is 0.489 e. The van der Waals surface area contributed by atoms with Crippen molar-refractivity contribution in [2.24, 2.45) is 0 Å². The monoisotopic (exact) mass is 381 g/mol. The van der Waals surface area contributed by atoms with Gasteiger partial charge in [0.1, 0.15) is 12.4 Å². The lowest BCUT2D eigenvalue weighted by atomic mass is 9.98. The Balaban J connectivity index is 1.55. The zero-order valence-corrected chi connectivity index (χ0v) is 16.4. The molecule has 3 aromatic heterocycles. The van der Waals surface area contributed by atoms with Gasteiger partial charge < -0.3 is 14.2 Å². The number of aliphatic hydroxyl groups excluding tert-OH is 1. The molecule has 3 nitrogen and oxygen atoms in total. The number of aromatic nitrogens is 1. The van der Waals surface area contributed by atoms with Crippen molar-refractivity contribution in [3.8, 4) is 16.9 Å². The molecule has 3 heterocycles. The fraction of sp³-hybridized carbons (Fsp3) is 0.154. The highest BCUT2D eigenvalue weighted by molar-refractivity contribution is 5.97. The summed E-state index contributed by atoms with van der Waals surface area (Å²) in [5.41, 5.74) is 9.28. The molecule has 3 heteroatoms. The van der Waals surface area contributed by atoms with Crippen LogP contribution in [0.5, 0.6) is 5.75 Å². The van der Waals surface area contributed by atoms with Crippen LogP contribution in [0, 0.1) is 0 Å². The highest BCUT2D eigenvalue weighted by atomic mass is 16.5. The fourth-order valence-electron chi connectivity index (χ4n) is 4.31. The second-order valence-electron chi connectivity index (χ2n) is 7.35. The molecule has 0 radical (unpaired) electrons. The Morgan fingerprint density at radius 3 is 2.41 bits per heavy atom. The number of nitrogens with zero attached hydrogens (tertiary/aromatic N) is 1. The van der Waals surface area contributed by atoms with E-state index in [1.165, 1.54) is 16.6 Å². The number of pyridine rings is 1. The van der Waals surface area contributed by atoms with Crippen LogP contribution in [0.25, 0.3) is 27.7 Å². The van der Waals surface area contributed by atoms with Crippen molar-refractivity contribution < 1.29 is 9.84 Å². The van der Waals surface area contributed by atoms with Gasteiger partial charge in [0.25, 0.3) is 0 Å². The molecule has 0 bridgehead atoms. The van der Waals surface area contributed by atoms with Crippen molar-refractivity contribution in [1.29, 1.82) is 0 Å². The highest BCUT2D eigenvalue weighted by Crippen LogP contribution is 2.39. The predicted octanol–water partition coefficient (Wildman–Crippen LogP) is 5.83. The van der Waals surface area contributed by atoms with Crippen LogP contribution < -0.4 is 4.74 Å². The van der Waals surface area contributed by atoms with E-state index in [9.17, 15) is 5.11 Å². The normalized spacial score (nSPS) is 11.5. The molecule has 0 aliphatic rings. The summed E-state index contributed by atoms with van der Waals surface area (Å²) in [4.78, 5) is 0. The summed E-state index contributed by atoms with van der Waals surface area (Å²) in [6.07, 6.45) is 0.938. The van der Waals surface area contributed by atoms with E-state index >= 15 is 0 Å². The Hall–Kier alpha value is -3.30. The van der Waals surface area contributed by atoms with Crippen molar-refractivity contribution in [2.45, 2.75) is 26.6 Å². The van der Waals surface area contributed by atoms with E-state index in [0.717, 1.165) is 39.9 Å². The molecule has 0 unspecified atom stereocenters. The summed E-state index contributed by atoms with van der Waals surface area (Å²) < 4.78 is 8.23. The molecular weight excluding hydrogens is 358 g/mol. The minimum atomic E-state index is 0.0369. The van der Waals surface area contributed by atoms with Crippen LogP contribution in [0.15, 0.2) is 78.9 Å². The minimum absolute atomic E-state index is 0.0369. The molecule has 0 saturated carbocycles. The summed E-state index contributed by atoms with van der Waals surface area (Å²) in [5.74, 6) is 0.856. The molecule has 144 valence electrons. The van der Waals surface area contributed by atoms with Gasteiger partial charge in [-0.1, -0.05) is 55.5 Å². The zero-order chi connectivity index (χ0) is 19.8. The predicted molar refractivity (Wildman–Crippen MR) is 118 cm³/mol. The van der Waals surface area contributed by atoms with Crippen LogP contribution in [0.3, 0.4) is 0 Å². The van der Waals surface area contributed by atoms with Gasteiger partial charge in [0.05, 0.1) is 17.6 Å². The van der Waals surface area contributed by atoms with E-state index in [-0.39, 0.29) is 6.61 Å². The van der Waals surface area contributed by atoms with Crippen molar-refractivity contribution in [1.82, 2.24) is 4.40 Å². The molecule has 0 atom stereocenters. The van der Waals surface area contributed by atoms with Crippen LogP contribution in [-0.2, 0) is 19.6 Å². The van der Waals surface area contributed by atoms with Crippen LogP contribution in [0.1, 0.15) is 23.6 Å². The first kappa shape index (κ1) is 17.8. The average Bonchev–Trinajstić information content (AvgIpc) is 3.32. The first-order valence-electron chi connectivity index (χ1n) is 10.1. The number of rotatable bonds is 6. The van der Waals surface area contributed by atoms with Crippen LogP contribution in [0.2, 0.25) is 0 Å². The van der Waals surface area contributed by atoms with Gasteiger partial charge in [-0.2, -0.15) is 0 Å². The Bertz CT molecular complexity index is 1250. The maximum atomic E-state index is 9.96. The summed E-state index contributed by atoms with van der Waals surface area (Å²) in [6, 6.07) is 26.9. The number of benzene rings is 2. The molecule has 1 N–H and O–H groups in total. The lowest BCUT2D eigenvalue weighted by Crippen LogP contribution is -1.95. The second-order valence-corrected chi connectivity index (χ2v) is 7.35. The van der Waals surface area contributed by atoms with Crippen LogP contribution in [-0.4, -0.2) is 9.51 Å². The topological polar surface area (TPSA) is 33.9 Å². The van der Waals surface area contributed by atoms with E-state index in [4.69, 9.17) is 4.74 Å². The summed E-state index contributed by atoms with van der Waals surface area (Å²) in [7, 11) is 0. The smallest absolute Gasteiger partial charge is 0.119 e. The van der Waals surface area contributed by atoms with E-state index in [1.807, 2.05) is 30.3 Å². The van der Waals surface area contributed by atoms with E-state index in [1.54, 1.807) is 0 Å². The van der Waals surface area contributed by atoms with E-state index < -0.39 is 0 Å². The summed E-state index contributed by atoms with van der Waals surface area (Å²) >= 11 is 0. The van der Waals surface area contributed by atoms with E-state index in [0.29, 0.717) is 6.61 Å². The number of ether oxygens (including phenoxy) is 1. The number of hydrogen-bond donors (Lipinski definition) is 1. The third-order valence-corrected chi connectivity index (χ3v) is 5.63. The molecular formula is C26H23NO2. The maximum Gasteiger partial charge on any atom is 0.119 e. The lowest BCUT2D eigenvalue weighted by Gasteiger charge is -2.09. The van der Waals surface area contributed by atoms with Crippen LogP contribution >= 0.6 is 0 Å². The summed E-state index contributed by atoms with van der Waals surface area (Å²) in [6.45, 7) is 2.79. The molecule has 0 fully saturated rings. The first-order valence-corrected chi connectivity index (χ1v) is 10.1. The molecule has 0 aliphatic carbocycles. The quantitative estimate of drug-likeness (QED) is 0.401. The zero-order valence-electron chi connectivity index (χ0n) is 16.4. The standard InChI is InChI=1S/C26H23NO2/c1-2-23-24-10-6-9-21-15-20(16-28)26(27(21)24)25(23)19-11-13-22(14-12-19)29-17-18-7-4-3-5-8-18/h3-15,28H,2,16-17H2,1H3. The number of aryl methyl sites for hydroxylation is 1. The second kappa shape index (κ2) is 7.26. The molecule has 2 aromatic carbocycles. The SMILES string of the molecule is CCc1c(-c2ccc(OCc3ccccc3)cc2)c2c(CO)cc3cccc1n32. The average molecular weight is 381 g/mol. The van der Waals surface area contributed by atoms with Gasteiger partial charge in [0.15, 0.2) is 0 Å². The third-order valence-electron chi connectivity index (χ3n) is 5.63. The highest BCUT2D eigenvalue weighted by Gasteiger charge is 2.20. The Morgan fingerprint density at radius 1 is 0.897 bits per heavy atom. The molecule has 5 aromatic rings. The Kier molecular flexibility index (Phi) is 4.45. The van der Waals surface area contributed by atoms with Crippen LogP contribution in [0.4, 0.5) is 0 Å². The molecule has 29 heavy (non-hydrogen) atoms. The minimum Gasteiger partial charge on any atom is -0.489 e. The van der Waals surface area contributed by atoms with Gasteiger partial charge in [-0.3, -0.25) is 0 Å². The molecule has 5 rings (SSSR count). The van der Waals surface area contributed by atoms with E-state index in [2.05, 4.69) is 59.9 Å². The molecule has 0 aliphatic heterocycles. The molecule has 0 saturated heterocycles. The third kappa shape index (κ3) is 2.95. The van der Waals surface area contributed by atoms with Crippen molar-refractivity contribution in [2.75, 3.05) is 0 Å². The Morgan fingerprint density at radius 2 is 1.69 bits per heavy atom. The van der Waals surface area contributed by atoms with Crippen molar-refractivity contribution >= 4 is 16.6 Å². The fourth-order valence-corrected chi connectivity index (χ4v) is 4.31. The van der Waals surface area contributed by atoms with Crippen molar-refractivity contribution in [3.05, 3.63) is 95.6 Å². The number of hydrogen-bond acceptors (Lipinski definition) is 2. The van der Waals surface area contributed by atoms with Gasteiger partial charge >= 0.3 is 0 Å². The van der Waals surface area contributed by atoms with Crippen molar-refractivity contribution in [3.63, 3.8) is 0 Å². The van der Waals surface area contributed by atoms with Gasteiger partial charge in [0, 0.05) is 16.6 Å². The Labute approximate surface area is 170 Å². The number of aliphatic hydroxyl groups is 1. The maximum absolute atomic E-state index is 9.96. The molecule has 0 spiro atoms.